The van der Waals surface area contributed by atoms with E-state index in [-0.39, 0.29) is 36.2 Å². The highest BCUT2D eigenvalue weighted by molar-refractivity contribution is 5.72. The molecule has 0 radical (unpaired) electrons. The number of likely N-dealkylation sites (N-methyl/N-ethyl adjacent to an activating group) is 1. The maximum atomic E-state index is 12.8. The predicted octanol–water partition coefficient (Wildman–Crippen LogP) is 13.3. The highest BCUT2D eigenvalue weighted by Gasteiger charge is 2.31. The van der Waals surface area contributed by atoms with E-state index in [2.05, 4.69) is 98.9 Å². The van der Waals surface area contributed by atoms with Crippen LogP contribution in [-0.2, 0) is 28.6 Å². The first-order valence-electron chi connectivity index (χ1n) is 23.6. The number of carboxylic acids is 1. The summed E-state index contributed by atoms with van der Waals surface area (Å²) in [6.07, 6.45) is 54.8. The van der Waals surface area contributed by atoms with Crippen molar-refractivity contribution in [3.63, 3.8) is 0 Å². The summed E-state index contributed by atoms with van der Waals surface area (Å²) in [5.41, 5.74) is 0. The third-order valence-electron chi connectivity index (χ3n) is 10.0. The van der Waals surface area contributed by atoms with Crippen LogP contribution in [-0.4, -0.2) is 80.6 Å². The second-order valence-electron chi connectivity index (χ2n) is 16.6. The minimum atomic E-state index is -0.882. The fraction of sp³-hybridized carbons (Fsp3) is 0.673. The summed E-state index contributed by atoms with van der Waals surface area (Å²) in [4.78, 5) is 37.1. The van der Waals surface area contributed by atoms with Gasteiger partial charge < -0.3 is 23.8 Å². The molecule has 0 heterocycles. The Hall–Kier alpha value is -3.49. The fourth-order valence-corrected chi connectivity index (χ4v) is 6.45. The van der Waals surface area contributed by atoms with Crippen molar-refractivity contribution >= 4 is 17.9 Å². The van der Waals surface area contributed by atoms with Gasteiger partial charge in [0.25, 0.3) is 0 Å². The van der Waals surface area contributed by atoms with Gasteiger partial charge in [-0.05, 0) is 83.5 Å². The average molecular weight is 839 g/mol. The lowest BCUT2D eigenvalue weighted by Gasteiger charge is -2.31. The van der Waals surface area contributed by atoms with E-state index in [9.17, 15) is 19.5 Å². The molecule has 8 nitrogen and oxygen atoms in total. The standard InChI is InChI=1S/C52H87NO7/c1-6-8-10-12-14-16-18-20-22-23-24-25-26-27-28-29-31-33-35-37-39-41-43-51(55)60-48(46-58-45-44-49(52(56)57)53(3,4)5)47-59-50(54)42-40-38-36-34-32-30-21-19-17-15-13-11-9-7-2/h8-11,14-17,20,22,24-25,27-28,48-49H,6-7,12-13,18-19,21,23,26,29-47H2,1-5H3/p+1/b10-8+,11-9+,16-14+,17-15+,22-20+,25-24+,28-27+. The van der Waals surface area contributed by atoms with Crippen LogP contribution in [0.4, 0.5) is 0 Å². The Morgan fingerprint density at radius 3 is 1.30 bits per heavy atom. The Morgan fingerprint density at radius 2 is 0.883 bits per heavy atom. The highest BCUT2D eigenvalue weighted by Crippen LogP contribution is 2.14. The van der Waals surface area contributed by atoms with Crippen molar-refractivity contribution in [3.8, 4) is 0 Å². The summed E-state index contributed by atoms with van der Waals surface area (Å²) in [7, 11) is 5.51. The Bertz CT molecular complexity index is 1250. The summed E-state index contributed by atoms with van der Waals surface area (Å²) in [5.74, 6) is -1.51. The molecular formula is C52H88NO7+. The number of carbonyl (C=O) groups excluding carboxylic acids is 2. The number of aliphatic carboxylic acids is 1. The first-order chi connectivity index (χ1) is 29.1. The van der Waals surface area contributed by atoms with Gasteiger partial charge in [-0.3, -0.25) is 9.59 Å². The van der Waals surface area contributed by atoms with Gasteiger partial charge in [0.15, 0.2) is 12.1 Å². The first-order valence-corrected chi connectivity index (χ1v) is 23.6. The van der Waals surface area contributed by atoms with Gasteiger partial charge >= 0.3 is 17.9 Å². The van der Waals surface area contributed by atoms with Crippen LogP contribution in [0.25, 0.3) is 0 Å². The van der Waals surface area contributed by atoms with Gasteiger partial charge in [0.2, 0.25) is 0 Å². The van der Waals surface area contributed by atoms with Crippen molar-refractivity contribution in [1.82, 2.24) is 0 Å². The maximum Gasteiger partial charge on any atom is 0.362 e. The fourth-order valence-electron chi connectivity index (χ4n) is 6.45. The Balaban J connectivity index is 4.34. The SMILES string of the molecule is CC/C=C/C/C=C/C/C=C/C/C=C/C/C=C/CCCCCCCCC(=O)OC(COCCC(C(=O)O)[N+](C)(C)C)COC(=O)CCCCCCCCC/C=C/C/C=C/CC. The number of carboxylic acid groups (broad SMARTS) is 1. The average Bonchev–Trinajstić information content (AvgIpc) is 3.21. The zero-order valence-electron chi connectivity index (χ0n) is 38.9. The second-order valence-corrected chi connectivity index (χ2v) is 16.6. The third-order valence-corrected chi connectivity index (χ3v) is 10.0. The smallest absolute Gasteiger partial charge is 0.362 e. The molecule has 0 aromatic rings. The Kier molecular flexibility index (Phi) is 39.8. The van der Waals surface area contributed by atoms with Crippen LogP contribution in [0.15, 0.2) is 85.1 Å². The van der Waals surface area contributed by atoms with E-state index in [0.717, 1.165) is 103 Å². The number of nitrogens with zero attached hydrogens (tertiary/aromatic N) is 1. The molecule has 0 amide bonds. The lowest BCUT2D eigenvalue weighted by Crippen LogP contribution is -2.50. The Labute approximate surface area is 367 Å². The molecule has 342 valence electrons. The van der Waals surface area contributed by atoms with Crippen LogP contribution in [0, 0.1) is 0 Å². The highest BCUT2D eigenvalue weighted by atomic mass is 16.6. The molecule has 0 aliphatic heterocycles. The van der Waals surface area contributed by atoms with Gasteiger partial charge in [0, 0.05) is 19.3 Å². The summed E-state index contributed by atoms with van der Waals surface area (Å²) < 4.78 is 17.3. The largest absolute Gasteiger partial charge is 0.477 e. The normalized spacial score (nSPS) is 13.7. The minimum absolute atomic E-state index is 0.0477. The van der Waals surface area contributed by atoms with Crippen LogP contribution in [0.3, 0.4) is 0 Å². The summed E-state index contributed by atoms with van der Waals surface area (Å²) in [6.45, 7) is 4.48. The molecule has 0 saturated carbocycles. The summed E-state index contributed by atoms with van der Waals surface area (Å²) >= 11 is 0. The zero-order chi connectivity index (χ0) is 44.2. The number of hydrogen-bond acceptors (Lipinski definition) is 6. The number of quaternary nitrogens is 1. The molecule has 2 unspecified atom stereocenters. The number of hydrogen-bond donors (Lipinski definition) is 1. The number of unbranched alkanes of at least 4 members (excludes halogenated alkanes) is 13. The van der Waals surface area contributed by atoms with Crippen molar-refractivity contribution in [2.45, 2.75) is 187 Å². The molecule has 2 atom stereocenters. The van der Waals surface area contributed by atoms with Crippen LogP contribution in [0.2, 0.25) is 0 Å². The van der Waals surface area contributed by atoms with E-state index in [1.807, 2.05) is 21.1 Å². The number of esters is 2. The van der Waals surface area contributed by atoms with Crippen molar-refractivity contribution in [2.75, 3.05) is 41.0 Å². The quantitative estimate of drug-likeness (QED) is 0.0283. The molecule has 60 heavy (non-hydrogen) atoms. The molecule has 0 aromatic heterocycles. The molecule has 0 spiro atoms. The molecule has 0 saturated heterocycles. The molecule has 0 aromatic carbocycles. The van der Waals surface area contributed by atoms with Crippen molar-refractivity contribution in [3.05, 3.63) is 85.1 Å². The molecule has 0 aliphatic rings. The molecule has 8 heteroatoms. The summed E-state index contributed by atoms with van der Waals surface area (Å²) in [5, 5.41) is 9.63. The predicted molar refractivity (Wildman–Crippen MR) is 252 cm³/mol. The van der Waals surface area contributed by atoms with Crippen LogP contribution < -0.4 is 0 Å². The van der Waals surface area contributed by atoms with Crippen LogP contribution >= 0.6 is 0 Å². The zero-order valence-corrected chi connectivity index (χ0v) is 38.9. The molecule has 0 rings (SSSR count). The van der Waals surface area contributed by atoms with Gasteiger partial charge in [0.1, 0.15) is 6.61 Å². The number of allylic oxidation sites excluding steroid dienone is 14. The van der Waals surface area contributed by atoms with Crippen molar-refractivity contribution < 1.29 is 38.2 Å². The lowest BCUT2D eigenvalue weighted by atomic mass is 10.1. The molecule has 0 fully saturated rings. The molecular weight excluding hydrogens is 751 g/mol. The van der Waals surface area contributed by atoms with Crippen LogP contribution in [0.5, 0.6) is 0 Å². The number of ether oxygens (including phenoxy) is 3. The van der Waals surface area contributed by atoms with Gasteiger partial charge in [-0.15, -0.1) is 0 Å². The van der Waals surface area contributed by atoms with E-state index in [4.69, 9.17) is 14.2 Å². The van der Waals surface area contributed by atoms with Gasteiger partial charge in [-0.25, -0.2) is 4.79 Å². The maximum absolute atomic E-state index is 12.8. The van der Waals surface area contributed by atoms with E-state index in [0.29, 0.717) is 19.3 Å². The van der Waals surface area contributed by atoms with E-state index in [1.54, 1.807) is 0 Å². The van der Waals surface area contributed by atoms with Gasteiger partial charge in [-0.1, -0.05) is 157 Å². The third kappa shape index (κ3) is 39.9. The minimum Gasteiger partial charge on any atom is -0.477 e. The molecule has 0 bridgehead atoms. The van der Waals surface area contributed by atoms with Gasteiger partial charge in [-0.2, -0.15) is 0 Å². The number of rotatable bonds is 41. The van der Waals surface area contributed by atoms with Crippen molar-refractivity contribution in [2.24, 2.45) is 0 Å². The topological polar surface area (TPSA) is 99.1 Å². The van der Waals surface area contributed by atoms with Crippen LogP contribution in [0.1, 0.15) is 174 Å². The Morgan fingerprint density at radius 1 is 0.500 bits per heavy atom. The summed E-state index contributed by atoms with van der Waals surface area (Å²) in [6, 6.07) is -0.623. The van der Waals surface area contributed by atoms with E-state index >= 15 is 0 Å². The molecule has 0 aliphatic carbocycles. The number of carbonyl (C=O) groups is 3. The molecule has 1 N–H and O–H groups in total. The van der Waals surface area contributed by atoms with E-state index < -0.39 is 18.1 Å². The monoisotopic (exact) mass is 839 g/mol. The van der Waals surface area contributed by atoms with Gasteiger partial charge in [0.05, 0.1) is 34.4 Å². The lowest BCUT2D eigenvalue weighted by molar-refractivity contribution is -0.887. The van der Waals surface area contributed by atoms with Crippen molar-refractivity contribution in [1.29, 1.82) is 0 Å². The first kappa shape index (κ1) is 56.5. The van der Waals surface area contributed by atoms with E-state index in [1.165, 1.54) is 38.5 Å². The second kappa shape index (κ2) is 42.2.